The molecule has 0 aliphatic carbocycles. The zero-order valence-corrected chi connectivity index (χ0v) is 60.8. The zero-order chi connectivity index (χ0) is 77.4. The lowest BCUT2D eigenvalue weighted by molar-refractivity contribution is -0.138. The number of aromatic hydroxyl groups is 1. The minimum Gasteiger partial charge on any atom is -0.508 e. The Morgan fingerprint density at radius 3 is 1.91 bits per heavy atom. The largest absolute Gasteiger partial charge is 0.508 e. The first-order valence-electron chi connectivity index (χ1n) is 33.4. The molecule has 1 aliphatic rings. The molecule has 4 aromatic rings. The number of phenolic OH excluding ortho intramolecular Hbond substituents is 1. The Morgan fingerprint density at radius 2 is 1.28 bits per heavy atom. The van der Waals surface area contributed by atoms with Gasteiger partial charge in [0.2, 0.25) is 76.8 Å². The highest BCUT2D eigenvalue weighted by atomic mass is 35.5. The van der Waals surface area contributed by atoms with Crippen molar-refractivity contribution < 1.29 is 77.3 Å². The van der Waals surface area contributed by atoms with Gasteiger partial charge >= 0.3 is 5.97 Å². The summed E-state index contributed by atoms with van der Waals surface area (Å²) in [4.78, 5) is 204. The minimum absolute atomic E-state index is 0.00987. The number of nitrogens with zero attached hydrogens (tertiary/aromatic N) is 2. The number of aliphatic imine (C=N–C) groups is 1. The third-order valence-corrected chi connectivity index (χ3v) is 19.5. The van der Waals surface area contributed by atoms with Crippen LogP contribution in [-0.2, 0) is 86.4 Å². The van der Waals surface area contributed by atoms with Crippen molar-refractivity contribution in [3.05, 3.63) is 99.7 Å². The Labute approximate surface area is 622 Å². The van der Waals surface area contributed by atoms with Gasteiger partial charge in [0.15, 0.2) is 5.96 Å². The zero-order valence-electron chi connectivity index (χ0n) is 57.7. The quantitative estimate of drug-likeness (QED) is 0.0122. The van der Waals surface area contributed by atoms with Crippen molar-refractivity contribution in [3.8, 4) is 5.75 Å². The second-order valence-electron chi connectivity index (χ2n) is 24.7. The van der Waals surface area contributed by atoms with Gasteiger partial charge in [0, 0.05) is 106 Å². The first kappa shape index (κ1) is 85.7. The van der Waals surface area contributed by atoms with Gasteiger partial charge in [-0.15, -0.1) is 0 Å². The van der Waals surface area contributed by atoms with Crippen molar-refractivity contribution in [3.63, 3.8) is 0 Å². The number of carbonyl (C=O) groups is 14. The van der Waals surface area contributed by atoms with E-state index >= 15 is 4.79 Å². The van der Waals surface area contributed by atoms with Crippen molar-refractivity contribution in [2.45, 2.75) is 139 Å². The lowest BCUT2D eigenvalue weighted by atomic mass is 10.00. The molecule has 2 heterocycles. The molecule has 25 N–H and O–H groups in total. The number of benzene rings is 3. The second-order valence-corrected chi connectivity index (χ2v) is 28.1. The van der Waals surface area contributed by atoms with Gasteiger partial charge in [-0.25, -0.2) is 0 Å². The van der Waals surface area contributed by atoms with Crippen LogP contribution in [0.2, 0.25) is 10.0 Å². The number of primary amides is 2. The number of carbonyl (C=O) groups excluding carboxylic acids is 13. The maximum atomic E-state index is 15.0. The van der Waals surface area contributed by atoms with Crippen molar-refractivity contribution >= 4 is 144 Å². The number of hydrogen-bond donors (Lipinski definition) is 19. The summed E-state index contributed by atoms with van der Waals surface area (Å²) in [6.07, 6.45) is -2.42. The smallest absolute Gasteiger partial charge is 0.303 e. The fourth-order valence-electron chi connectivity index (χ4n) is 10.7. The first-order valence-corrected chi connectivity index (χ1v) is 36.6. The Kier molecular flexibility index (Phi) is 35.4. The van der Waals surface area contributed by atoms with Gasteiger partial charge in [0.25, 0.3) is 0 Å². The highest BCUT2D eigenvalue weighted by Crippen LogP contribution is 2.28. The molecule has 1 aromatic heterocycles. The molecule has 1 fully saturated rings. The Bertz CT molecular complexity index is 3770. The molecule has 0 unspecified atom stereocenters. The predicted molar refractivity (Wildman–Crippen MR) is 392 cm³/mol. The summed E-state index contributed by atoms with van der Waals surface area (Å²) in [5, 5.41) is 46.4. The molecule has 5 rings (SSSR count). The van der Waals surface area contributed by atoms with Crippen LogP contribution in [0.15, 0.2) is 77.9 Å². The van der Waals surface area contributed by atoms with Crippen molar-refractivity contribution in [2.24, 2.45) is 45.3 Å². The summed E-state index contributed by atoms with van der Waals surface area (Å²) in [6, 6.07) is 2.47. The number of nitrogens with one attached hydrogen (secondary N) is 11. The molecule has 1 saturated heterocycles. The lowest BCUT2D eigenvalue weighted by Gasteiger charge is -2.29. The van der Waals surface area contributed by atoms with E-state index in [0.717, 1.165) is 26.5 Å². The van der Waals surface area contributed by atoms with Crippen LogP contribution in [0.4, 0.5) is 0 Å². The number of carboxylic acid groups (broad SMARTS) is 1. The van der Waals surface area contributed by atoms with E-state index in [-0.39, 0.29) is 85.6 Å². The average molecular weight is 1540 g/mol. The SMILES string of the molecule is CC(C)[C@@H]1NC(=O)[C@@H](NC(=O)[C@H](Cc2ccc(O)cc2)NC(=O)CN(CCN)C(=O)CCN)CSSC[C@H](C(N)=O)NC(=O)[C@H](CCC(=O)O)NC(=O)[C@H](Cc2c[nH]c3ccccc23)NC(=O)[C@H](CCC(N)=O)NC(=O)CCNC(=O)[C@H](CCCN=C(N)N)NC(=O)[C@H](Cc2cccc(Cl)c2Cl)NC1=O. The van der Waals surface area contributed by atoms with Gasteiger partial charge in [-0.2, -0.15) is 0 Å². The molecule has 105 heavy (non-hydrogen) atoms. The van der Waals surface area contributed by atoms with Crippen LogP contribution in [0.5, 0.6) is 5.75 Å². The number of guanidine groups is 1. The molecular weight excluding hydrogens is 1450 g/mol. The molecule has 0 bridgehead atoms. The molecule has 9 atom stereocenters. The average Bonchev–Trinajstić information content (AvgIpc) is 1.79. The third kappa shape index (κ3) is 28.9. The molecular formula is C66H91Cl2N19O16S2. The molecule has 572 valence electrons. The van der Waals surface area contributed by atoms with Gasteiger partial charge in [0.1, 0.15) is 60.1 Å². The minimum atomic E-state index is -1.76. The number of amides is 13. The van der Waals surface area contributed by atoms with Crippen LogP contribution in [0.1, 0.15) is 81.9 Å². The number of para-hydroxylation sites is 1. The van der Waals surface area contributed by atoms with E-state index in [9.17, 15) is 72.5 Å². The first-order chi connectivity index (χ1) is 49.9. The summed E-state index contributed by atoms with van der Waals surface area (Å²) in [7, 11) is 1.65. The number of rotatable bonds is 27. The Morgan fingerprint density at radius 1 is 0.667 bits per heavy atom. The number of hydrogen-bond acceptors (Lipinski definition) is 20. The number of phenols is 1. The number of H-pyrrole nitrogens is 1. The fourth-order valence-corrected chi connectivity index (χ4v) is 13.4. The summed E-state index contributed by atoms with van der Waals surface area (Å²) in [5.74, 6) is -15.9. The highest BCUT2D eigenvalue weighted by molar-refractivity contribution is 8.76. The number of aromatic amines is 1. The van der Waals surface area contributed by atoms with E-state index in [4.69, 9.17) is 57.6 Å². The second kappa shape index (κ2) is 43.4. The van der Waals surface area contributed by atoms with Crippen molar-refractivity contribution in [1.82, 2.24) is 63.1 Å². The number of fused-ring (bicyclic) bond motifs is 1. The lowest BCUT2D eigenvalue weighted by Crippen LogP contribution is -2.61. The molecule has 0 saturated carbocycles. The number of carboxylic acids is 1. The van der Waals surface area contributed by atoms with Crippen LogP contribution in [-0.4, -0.2) is 214 Å². The molecule has 1 aliphatic heterocycles. The number of nitrogens with two attached hydrogens (primary N) is 6. The molecule has 0 spiro atoms. The van der Waals surface area contributed by atoms with Crippen LogP contribution in [0, 0.1) is 5.92 Å². The standard InChI is InChI=1S/C66H91Cl2N19O16S2/c1-34(2)56-65(103)83-46(28-36-7-5-9-40(67)55(36)68)62(100)80-42(11-6-24-76-66(73)74)58(96)75-25-21-51(90)78-43(16-18-50(71)89)59(97)82-47(29-37-30-77-41-10-4-3-8-39(37)41)63(101)81-44(17-19-54(93)94)60(98)84-48(57(72)95)32-104-105-33-49(64(102)86-56)85-61(99)45(27-35-12-14-38(88)15-13-35)79-52(91)31-87(26-23-70)53(92)20-22-69/h3-5,7-10,12-15,30,34,42-49,56,77,88H,6,11,16-29,31-33,69-70H2,1-2H3,(H2,71,89)(H2,72,95)(H,75,96)(H,78,90)(H,79,91)(H,80,100)(H,81,101)(H,82,97)(H,83,103)(H,84,98)(H,85,99)(H,86,102)(H,93,94)(H4,73,74,76)/t42-,43-,44-,45-,46-,47-,48+,49-,56-/m0/s1. The van der Waals surface area contributed by atoms with Gasteiger partial charge in [-0.3, -0.25) is 72.1 Å². The molecule has 13 amide bonds. The number of aromatic nitrogens is 1. The van der Waals surface area contributed by atoms with Crippen LogP contribution >= 0.6 is 44.8 Å². The maximum Gasteiger partial charge on any atom is 0.303 e. The van der Waals surface area contributed by atoms with E-state index in [0.29, 0.717) is 22.0 Å². The van der Waals surface area contributed by atoms with Crippen LogP contribution in [0.3, 0.4) is 0 Å². The Balaban J connectivity index is 1.63. The fraction of sp³-hybridized carbons (Fsp3) is 0.470. The summed E-state index contributed by atoms with van der Waals surface area (Å²) in [5.41, 5.74) is 35.6. The van der Waals surface area contributed by atoms with Gasteiger partial charge in [-0.05, 0) is 72.6 Å². The van der Waals surface area contributed by atoms with E-state index in [1.807, 2.05) is 0 Å². The van der Waals surface area contributed by atoms with Gasteiger partial charge in [-0.1, -0.05) is 101 Å². The maximum absolute atomic E-state index is 15.0. The molecule has 35 nitrogen and oxygen atoms in total. The van der Waals surface area contributed by atoms with Crippen LogP contribution in [0.25, 0.3) is 10.9 Å². The van der Waals surface area contributed by atoms with Crippen molar-refractivity contribution in [2.75, 3.05) is 50.8 Å². The van der Waals surface area contributed by atoms with Crippen molar-refractivity contribution in [1.29, 1.82) is 0 Å². The molecule has 3 aromatic carbocycles. The highest BCUT2D eigenvalue weighted by Gasteiger charge is 2.37. The van der Waals surface area contributed by atoms with E-state index in [2.05, 4.69) is 63.1 Å². The monoisotopic (exact) mass is 1540 g/mol. The summed E-state index contributed by atoms with van der Waals surface area (Å²) >= 11 is 13.1. The van der Waals surface area contributed by atoms with Gasteiger partial charge in [0.05, 0.1) is 16.6 Å². The Hall–Kier alpha value is -9.95. The molecule has 39 heteroatoms. The third-order valence-electron chi connectivity index (χ3n) is 16.2. The summed E-state index contributed by atoms with van der Waals surface area (Å²) in [6.45, 7) is 1.85. The van der Waals surface area contributed by atoms with Crippen LogP contribution < -0.4 is 87.6 Å². The van der Waals surface area contributed by atoms with E-state index in [1.165, 1.54) is 42.5 Å². The number of aliphatic carboxylic acids is 1. The summed E-state index contributed by atoms with van der Waals surface area (Å²) < 4.78 is 0. The van der Waals surface area contributed by atoms with E-state index < -0.39 is 206 Å². The topological polar surface area (TPSA) is 587 Å². The predicted octanol–water partition coefficient (Wildman–Crippen LogP) is -3.07. The number of halogens is 2. The van der Waals surface area contributed by atoms with Gasteiger partial charge < -0.3 is 108 Å². The normalized spacial score (nSPS) is 20.6. The molecule has 0 radical (unpaired) electrons. The van der Waals surface area contributed by atoms with E-state index in [1.54, 1.807) is 44.3 Å².